The van der Waals surface area contributed by atoms with Gasteiger partial charge in [-0.05, 0) is 85.4 Å². The molecule has 16 heteroatoms. The Hall–Kier alpha value is -1.35. The van der Waals surface area contributed by atoms with Gasteiger partial charge in [-0.3, -0.25) is 4.79 Å². The molecule has 11 N–H and O–H groups in total. The molecule has 0 aromatic heterocycles. The summed E-state index contributed by atoms with van der Waals surface area (Å²) in [5, 5.41) is 121. The zero-order valence-electron chi connectivity index (χ0n) is 34.7. The van der Waals surface area contributed by atoms with E-state index in [1.807, 2.05) is 6.92 Å². The van der Waals surface area contributed by atoms with Gasteiger partial charge in [0, 0.05) is 11.3 Å². The monoisotopic (exact) mass is 828 g/mol. The Morgan fingerprint density at radius 1 is 0.759 bits per heavy atom. The van der Waals surface area contributed by atoms with Crippen LogP contribution in [0.1, 0.15) is 93.4 Å². The van der Waals surface area contributed by atoms with Crippen molar-refractivity contribution in [3.63, 3.8) is 0 Å². The highest BCUT2D eigenvalue weighted by molar-refractivity contribution is 5.80. The maximum atomic E-state index is 14.6. The molecule has 6 fully saturated rings. The van der Waals surface area contributed by atoms with Gasteiger partial charge >= 0.3 is 5.97 Å². The maximum Gasteiger partial charge on any atom is 0.317 e. The number of allylic oxidation sites excluding steroid dienone is 2. The van der Waals surface area contributed by atoms with Crippen molar-refractivity contribution in [2.45, 2.75) is 179 Å². The predicted octanol–water partition coefficient (Wildman–Crippen LogP) is -0.771. The first-order valence-electron chi connectivity index (χ1n) is 21.1. The van der Waals surface area contributed by atoms with Crippen LogP contribution >= 0.6 is 0 Å². The highest BCUT2D eigenvalue weighted by Gasteiger charge is 2.74. The number of carbonyl (C=O) groups excluding carboxylic acids is 1. The van der Waals surface area contributed by atoms with Crippen molar-refractivity contribution in [1.29, 1.82) is 0 Å². The summed E-state index contributed by atoms with van der Waals surface area (Å²) >= 11 is 0. The second-order valence-electron chi connectivity index (χ2n) is 20.9. The van der Waals surface area contributed by atoms with Gasteiger partial charge < -0.3 is 75.1 Å². The fraction of sp³-hybridized carbons (Fsp3) is 0.929. The van der Waals surface area contributed by atoms with Crippen molar-refractivity contribution in [2.24, 2.45) is 50.2 Å². The van der Waals surface area contributed by atoms with E-state index in [0.29, 0.717) is 25.7 Å². The minimum absolute atomic E-state index is 0.115. The number of hydrogen-bond acceptors (Lipinski definition) is 16. The minimum Gasteiger partial charge on any atom is -0.432 e. The molecule has 22 atom stereocenters. The van der Waals surface area contributed by atoms with Gasteiger partial charge in [-0.15, -0.1) is 0 Å². The van der Waals surface area contributed by atoms with Crippen LogP contribution in [-0.2, 0) is 23.7 Å². The summed E-state index contributed by atoms with van der Waals surface area (Å²) in [6.45, 7) is 12.5. The van der Waals surface area contributed by atoms with Crippen LogP contribution in [0.25, 0.3) is 0 Å². The van der Waals surface area contributed by atoms with Gasteiger partial charge in [-0.1, -0.05) is 53.2 Å². The lowest BCUT2D eigenvalue weighted by Gasteiger charge is -2.73. The average Bonchev–Trinajstić information content (AvgIpc) is 3.14. The Kier molecular flexibility index (Phi) is 11.5. The standard InChI is InChI=1S/C42H68O16/c1-18-26(48)28(50)30(52)34(55-18)58-36(54)42-11-10-37(2,3)12-20(42)19-8-9-24-38(4)13-22(46)33(57-35-31(53)29(51)27(49)23(16-43)56-35)39(5,17-44)32(38)21(45)14-41(24,7)40(19,6)15-25(42)47/h8,18,20-35,43-53H,9-17H2,1-7H3/t18-,20-,21+,22-,23+,24+,25+,26-,27+,28+,29-,30+,31+,32+,33-,34-,35-,38+,39-,40+,41+,42+/m0/s1. The molecule has 7 rings (SSSR count). The number of carbonyl (C=O) groups is 1. The van der Waals surface area contributed by atoms with Crippen molar-refractivity contribution in [3.8, 4) is 0 Å². The van der Waals surface area contributed by atoms with Crippen molar-refractivity contribution in [3.05, 3.63) is 11.6 Å². The van der Waals surface area contributed by atoms with Crippen LogP contribution in [0.3, 0.4) is 0 Å². The number of fused-ring (bicyclic) bond motifs is 7. The molecule has 0 aromatic carbocycles. The lowest BCUT2D eigenvalue weighted by Crippen LogP contribution is -2.73. The molecule has 0 spiro atoms. The van der Waals surface area contributed by atoms with Crippen LogP contribution in [0.2, 0.25) is 0 Å². The van der Waals surface area contributed by atoms with Crippen LogP contribution < -0.4 is 0 Å². The Morgan fingerprint density at radius 2 is 1.40 bits per heavy atom. The second kappa shape index (κ2) is 14.9. The molecule has 2 saturated heterocycles. The third-order valence-corrected chi connectivity index (χ3v) is 17.2. The SMILES string of the molecule is C[C@@H]1O[C@@H](OC(=O)[C@]23CCC(C)(C)C[C@H]2C2=CC[C@@H]4[C@@]5(C)C[C@H](O)[C@H](O[C@@H]6O[C@H](CO)[C@@H](O)[C@H](O)[C@H]6O)[C@@](C)(CO)[C@@H]5[C@H](O)C[C@@]4(C)[C@]2(C)C[C@H]3O)[C@H](O)[C@H](O)[C@H]1O. The number of esters is 1. The van der Waals surface area contributed by atoms with E-state index in [1.165, 1.54) is 6.92 Å². The van der Waals surface area contributed by atoms with Crippen molar-refractivity contribution >= 4 is 5.97 Å². The topological polar surface area (TPSA) is 277 Å². The van der Waals surface area contributed by atoms with Gasteiger partial charge in [0.05, 0.1) is 43.7 Å². The summed E-state index contributed by atoms with van der Waals surface area (Å²) in [6, 6.07) is 0. The summed E-state index contributed by atoms with van der Waals surface area (Å²) < 4.78 is 23.4. The fourth-order valence-corrected chi connectivity index (χ4v) is 13.9. The molecule has 332 valence electrons. The molecular formula is C42H68O16. The minimum atomic E-state index is -1.74. The van der Waals surface area contributed by atoms with E-state index in [9.17, 15) is 61.0 Å². The van der Waals surface area contributed by atoms with Crippen molar-refractivity contribution in [2.75, 3.05) is 13.2 Å². The summed E-state index contributed by atoms with van der Waals surface area (Å²) in [6.07, 6.45) is -15.2. The van der Waals surface area contributed by atoms with Crippen LogP contribution in [-0.4, -0.2) is 161 Å². The number of aliphatic hydroxyl groups is 11. The number of aliphatic hydroxyl groups excluding tert-OH is 11. The molecule has 0 unspecified atom stereocenters. The molecular weight excluding hydrogens is 760 g/mol. The van der Waals surface area contributed by atoms with E-state index in [0.717, 1.165) is 5.57 Å². The maximum absolute atomic E-state index is 14.6. The van der Waals surface area contributed by atoms with Gasteiger partial charge in [-0.25, -0.2) is 0 Å². The van der Waals surface area contributed by atoms with Gasteiger partial charge in [0.25, 0.3) is 0 Å². The van der Waals surface area contributed by atoms with Gasteiger partial charge in [0.1, 0.15) is 48.1 Å². The van der Waals surface area contributed by atoms with E-state index in [2.05, 4.69) is 33.8 Å². The van der Waals surface area contributed by atoms with Crippen LogP contribution in [0, 0.1) is 50.2 Å². The Balaban J connectivity index is 1.23. The molecule has 0 bridgehead atoms. The second-order valence-corrected chi connectivity index (χ2v) is 20.9. The lowest BCUT2D eigenvalue weighted by molar-refractivity contribution is -0.351. The van der Waals surface area contributed by atoms with Crippen molar-refractivity contribution < 1.29 is 79.9 Å². The predicted molar refractivity (Wildman–Crippen MR) is 202 cm³/mol. The summed E-state index contributed by atoms with van der Waals surface area (Å²) in [5.74, 6) is -2.11. The molecule has 58 heavy (non-hydrogen) atoms. The molecule has 4 saturated carbocycles. The average molecular weight is 829 g/mol. The van der Waals surface area contributed by atoms with Gasteiger partial charge in [0.15, 0.2) is 6.29 Å². The van der Waals surface area contributed by atoms with Gasteiger partial charge in [-0.2, -0.15) is 0 Å². The number of rotatable bonds is 6. The molecule has 16 nitrogen and oxygen atoms in total. The molecule has 2 heterocycles. The molecule has 7 aliphatic rings. The smallest absolute Gasteiger partial charge is 0.317 e. The third-order valence-electron chi connectivity index (χ3n) is 17.2. The first kappa shape index (κ1) is 44.7. The molecule has 0 amide bonds. The van der Waals surface area contributed by atoms with Gasteiger partial charge in [0.2, 0.25) is 6.29 Å². The molecule has 2 aliphatic heterocycles. The summed E-state index contributed by atoms with van der Waals surface area (Å²) in [7, 11) is 0. The normalized spacial score (nSPS) is 56.5. The number of ether oxygens (including phenoxy) is 4. The largest absolute Gasteiger partial charge is 0.432 e. The van der Waals surface area contributed by atoms with E-state index in [1.54, 1.807) is 6.92 Å². The van der Waals surface area contributed by atoms with Crippen LogP contribution in [0.4, 0.5) is 0 Å². The zero-order chi connectivity index (χ0) is 42.9. The first-order chi connectivity index (χ1) is 26.9. The third kappa shape index (κ3) is 6.25. The Labute approximate surface area is 339 Å². The zero-order valence-corrected chi connectivity index (χ0v) is 34.7. The molecule has 0 radical (unpaired) electrons. The fourth-order valence-electron chi connectivity index (χ4n) is 13.9. The Bertz CT molecular complexity index is 1590. The van der Waals surface area contributed by atoms with Crippen molar-refractivity contribution in [1.82, 2.24) is 0 Å². The van der Waals surface area contributed by atoms with E-state index in [4.69, 9.17) is 18.9 Å². The van der Waals surface area contributed by atoms with E-state index in [-0.39, 0.29) is 30.6 Å². The molecule has 0 aromatic rings. The van der Waals surface area contributed by atoms with Crippen LogP contribution in [0.15, 0.2) is 11.6 Å². The quantitative estimate of drug-likeness (QED) is 0.0891. The number of hydrogen-bond donors (Lipinski definition) is 11. The summed E-state index contributed by atoms with van der Waals surface area (Å²) in [4.78, 5) is 14.6. The van der Waals surface area contributed by atoms with E-state index < -0.39 is 144 Å². The first-order valence-corrected chi connectivity index (χ1v) is 21.1. The summed E-state index contributed by atoms with van der Waals surface area (Å²) in [5.41, 5.74) is -4.29. The Morgan fingerprint density at radius 3 is 2.03 bits per heavy atom. The highest BCUT2D eigenvalue weighted by Crippen LogP contribution is 2.76. The van der Waals surface area contributed by atoms with Crippen LogP contribution in [0.5, 0.6) is 0 Å². The lowest BCUT2D eigenvalue weighted by atomic mass is 9.32. The van der Waals surface area contributed by atoms with E-state index >= 15 is 0 Å². The molecule has 5 aliphatic carbocycles. The highest BCUT2D eigenvalue weighted by atomic mass is 16.7.